The molecule has 30 heavy (non-hydrogen) atoms. The van der Waals surface area contributed by atoms with Gasteiger partial charge < -0.3 is 9.47 Å². The predicted octanol–water partition coefficient (Wildman–Crippen LogP) is 5.10. The van der Waals surface area contributed by atoms with Crippen LogP contribution in [0.25, 0.3) is 10.9 Å². The molecule has 4 rings (SSSR count). The van der Waals surface area contributed by atoms with Crippen LogP contribution in [0.5, 0.6) is 0 Å². The van der Waals surface area contributed by atoms with E-state index in [0.717, 1.165) is 59.9 Å². The van der Waals surface area contributed by atoms with Crippen LogP contribution in [-0.4, -0.2) is 36.6 Å². The molecular weight excluding hydrogens is 398 g/mol. The summed E-state index contributed by atoms with van der Waals surface area (Å²) in [6.07, 6.45) is 9.83. The molecule has 1 aliphatic carbocycles. The van der Waals surface area contributed by atoms with Crippen molar-refractivity contribution < 1.29 is 17.9 Å². The number of ether oxygens (including phenoxy) is 2. The molecule has 6 heteroatoms. The highest BCUT2D eigenvalue weighted by atomic mass is 32.2. The minimum atomic E-state index is -3.64. The molecule has 2 aliphatic rings. The Hall–Kier alpha value is -1.89. The largest absolute Gasteiger partial charge is 0.353 e. The van der Waals surface area contributed by atoms with Crippen molar-refractivity contribution in [2.24, 2.45) is 0 Å². The van der Waals surface area contributed by atoms with E-state index in [4.69, 9.17) is 9.47 Å². The maximum absolute atomic E-state index is 13.7. The molecule has 0 radical (unpaired) electrons. The first-order valence-electron chi connectivity index (χ1n) is 10.8. The Labute approximate surface area is 179 Å². The monoisotopic (exact) mass is 429 g/mol. The molecular formula is C24H31NO4S. The number of rotatable bonds is 6. The summed E-state index contributed by atoms with van der Waals surface area (Å²) in [6, 6.07) is 7.73. The van der Waals surface area contributed by atoms with E-state index in [0.29, 0.717) is 13.0 Å². The number of aromatic nitrogens is 1. The summed E-state index contributed by atoms with van der Waals surface area (Å²) in [4.78, 5) is 0. The van der Waals surface area contributed by atoms with Crippen molar-refractivity contribution in [3.63, 3.8) is 0 Å². The lowest BCUT2D eigenvalue weighted by molar-refractivity contribution is -0.156. The van der Waals surface area contributed by atoms with Crippen LogP contribution < -0.4 is 0 Å². The van der Waals surface area contributed by atoms with E-state index in [-0.39, 0.29) is 6.29 Å². The predicted molar refractivity (Wildman–Crippen MR) is 120 cm³/mol. The van der Waals surface area contributed by atoms with Gasteiger partial charge in [-0.25, -0.2) is 12.4 Å². The summed E-state index contributed by atoms with van der Waals surface area (Å²) >= 11 is 0. The van der Waals surface area contributed by atoms with Crippen LogP contribution >= 0.6 is 0 Å². The summed E-state index contributed by atoms with van der Waals surface area (Å²) in [5.41, 5.74) is 3.83. The van der Waals surface area contributed by atoms with E-state index in [1.54, 1.807) is 6.20 Å². The van der Waals surface area contributed by atoms with Crippen molar-refractivity contribution >= 4 is 20.9 Å². The fraction of sp³-hybridized carbons (Fsp3) is 0.500. The van der Waals surface area contributed by atoms with Crippen molar-refractivity contribution in [3.8, 4) is 0 Å². The zero-order valence-electron chi connectivity index (χ0n) is 18.1. The Morgan fingerprint density at radius 1 is 1.23 bits per heavy atom. The molecule has 0 spiro atoms. The Morgan fingerprint density at radius 3 is 2.80 bits per heavy atom. The average molecular weight is 430 g/mol. The maximum Gasteiger partial charge on any atom is 0.248 e. The van der Waals surface area contributed by atoms with Gasteiger partial charge in [-0.05, 0) is 68.7 Å². The van der Waals surface area contributed by atoms with Gasteiger partial charge in [0, 0.05) is 18.2 Å². The maximum atomic E-state index is 13.7. The van der Waals surface area contributed by atoms with Crippen LogP contribution in [0.1, 0.15) is 51.5 Å². The van der Waals surface area contributed by atoms with Gasteiger partial charge >= 0.3 is 0 Å². The molecule has 0 bridgehead atoms. The van der Waals surface area contributed by atoms with Gasteiger partial charge in [0.15, 0.2) is 6.29 Å². The van der Waals surface area contributed by atoms with Crippen molar-refractivity contribution in [1.29, 1.82) is 0 Å². The highest BCUT2D eigenvalue weighted by Gasteiger charge is 2.41. The quantitative estimate of drug-likeness (QED) is 0.641. The standard InChI is InChI=1S/C24H31NO4S/c1-4-19-16-24(3,13-11-21(19)17-29-22-10-5-6-15-28-22)30(26,27)25-14-12-20-9-7-8-18(2)23(20)25/h7-9,11-12,14,16,22H,4-6,10,13,15,17H2,1-3H3. The van der Waals surface area contributed by atoms with E-state index in [2.05, 4.69) is 6.92 Å². The van der Waals surface area contributed by atoms with Crippen molar-refractivity contribution in [2.45, 2.75) is 63.9 Å². The fourth-order valence-corrected chi connectivity index (χ4v) is 6.17. The van der Waals surface area contributed by atoms with E-state index in [1.807, 2.05) is 50.3 Å². The van der Waals surface area contributed by atoms with Gasteiger partial charge in [0.2, 0.25) is 10.0 Å². The van der Waals surface area contributed by atoms with Crippen LogP contribution in [0.2, 0.25) is 0 Å². The smallest absolute Gasteiger partial charge is 0.248 e. The second kappa shape index (κ2) is 8.33. The lowest BCUT2D eigenvalue weighted by Gasteiger charge is -2.32. The van der Waals surface area contributed by atoms with E-state index in [9.17, 15) is 8.42 Å². The van der Waals surface area contributed by atoms with Gasteiger partial charge in [-0.1, -0.05) is 37.3 Å². The second-order valence-corrected chi connectivity index (χ2v) is 10.8. The zero-order valence-corrected chi connectivity index (χ0v) is 18.9. The van der Waals surface area contributed by atoms with E-state index < -0.39 is 14.8 Å². The number of nitrogens with zero attached hydrogens (tertiary/aromatic N) is 1. The third kappa shape index (κ3) is 3.77. The topological polar surface area (TPSA) is 57.5 Å². The van der Waals surface area contributed by atoms with Gasteiger partial charge in [-0.2, -0.15) is 0 Å². The Kier molecular flexibility index (Phi) is 5.93. The molecule has 162 valence electrons. The molecule has 1 aromatic heterocycles. The number of allylic oxidation sites excluding steroid dienone is 1. The van der Waals surface area contributed by atoms with Crippen LogP contribution in [0.3, 0.4) is 0 Å². The molecule has 1 aliphatic heterocycles. The molecule has 0 amide bonds. The molecule has 2 heterocycles. The van der Waals surface area contributed by atoms with E-state index >= 15 is 0 Å². The first-order chi connectivity index (χ1) is 14.4. The van der Waals surface area contributed by atoms with Crippen molar-refractivity contribution in [2.75, 3.05) is 13.2 Å². The lowest BCUT2D eigenvalue weighted by Crippen LogP contribution is -2.39. The number of fused-ring (bicyclic) bond motifs is 1. The molecule has 1 fully saturated rings. The zero-order chi connectivity index (χ0) is 21.4. The molecule has 5 nitrogen and oxygen atoms in total. The SMILES string of the molecule is CCC1=CC(C)(S(=O)(=O)n2ccc3cccc(C)c32)CC=C1COC1CCCCO1. The molecule has 2 unspecified atom stereocenters. The lowest BCUT2D eigenvalue weighted by atomic mass is 9.90. The third-order valence-electron chi connectivity index (χ3n) is 6.32. The van der Waals surface area contributed by atoms with Gasteiger partial charge in [0.25, 0.3) is 0 Å². The summed E-state index contributed by atoms with van der Waals surface area (Å²) in [7, 11) is -3.64. The summed E-state index contributed by atoms with van der Waals surface area (Å²) in [5, 5.41) is 0.940. The second-order valence-electron chi connectivity index (χ2n) is 8.51. The van der Waals surface area contributed by atoms with E-state index in [1.165, 1.54) is 3.97 Å². The van der Waals surface area contributed by atoms with Gasteiger partial charge in [0.05, 0.1) is 12.1 Å². The molecule has 1 aromatic carbocycles. The first kappa shape index (κ1) is 21.3. The Bertz CT molecular complexity index is 1090. The van der Waals surface area contributed by atoms with Crippen molar-refractivity contribution in [1.82, 2.24) is 3.97 Å². The normalized spacial score (nSPS) is 25.2. The summed E-state index contributed by atoms with van der Waals surface area (Å²) in [6.45, 7) is 7.05. The third-order valence-corrected chi connectivity index (χ3v) is 8.60. The van der Waals surface area contributed by atoms with Gasteiger partial charge in [-0.3, -0.25) is 0 Å². The number of hydrogen-bond donors (Lipinski definition) is 0. The average Bonchev–Trinajstić information content (AvgIpc) is 3.20. The van der Waals surface area contributed by atoms with Crippen LogP contribution in [0.4, 0.5) is 0 Å². The van der Waals surface area contributed by atoms with Crippen molar-refractivity contribution in [3.05, 3.63) is 59.3 Å². The van der Waals surface area contributed by atoms with Gasteiger partial charge in [-0.15, -0.1) is 0 Å². The minimum absolute atomic E-state index is 0.149. The molecule has 1 saturated heterocycles. The number of benzene rings is 1. The molecule has 2 aromatic rings. The fourth-order valence-electron chi connectivity index (χ4n) is 4.43. The number of para-hydroxylation sites is 1. The summed E-state index contributed by atoms with van der Waals surface area (Å²) in [5.74, 6) is 0. The Balaban J connectivity index is 1.61. The van der Waals surface area contributed by atoms with Crippen LogP contribution in [0.15, 0.2) is 53.8 Å². The minimum Gasteiger partial charge on any atom is -0.353 e. The highest BCUT2D eigenvalue weighted by Crippen LogP contribution is 2.37. The highest BCUT2D eigenvalue weighted by molar-refractivity contribution is 7.91. The first-order valence-corrected chi connectivity index (χ1v) is 12.3. The summed E-state index contributed by atoms with van der Waals surface area (Å²) < 4.78 is 39.6. The van der Waals surface area contributed by atoms with Crippen LogP contribution in [-0.2, 0) is 19.5 Å². The molecule has 0 saturated carbocycles. The number of hydrogen-bond acceptors (Lipinski definition) is 4. The molecule has 2 atom stereocenters. The molecule has 0 N–H and O–H groups in total. The van der Waals surface area contributed by atoms with Crippen LogP contribution in [0, 0.1) is 6.92 Å². The Morgan fingerprint density at radius 2 is 2.07 bits per heavy atom. The number of aryl methyl sites for hydroxylation is 1. The van der Waals surface area contributed by atoms with Gasteiger partial charge in [0.1, 0.15) is 4.75 Å².